The average molecular weight is 430 g/mol. The van der Waals surface area contributed by atoms with Crippen LogP contribution in [0.1, 0.15) is 31.1 Å². The summed E-state index contributed by atoms with van der Waals surface area (Å²) < 4.78 is 5.92. The molecule has 1 fully saturated rings. The summed E-state index contributed by atoms with van der Waals surface area (Å²) in [5.74, 6) is 0.789. The van der Waals surface area contributed by atoms with E-state index in [2.05, 4.69) is 51.5 Å². The third-order valence-electron chi connectivity index (χ3n) is 5.24. The normalized spacial score (nSPS) is 18.1. The number of hydrogen-bond acceptors (Lipinski definition) is 4. The SMILES string of the molecule is CN=C(NCCc1ccccn1)NCC(c1ccc(Cl)cc1)N1CCOC(C)(C)C1. The van der Waals surface area contributed by atoms with E-state index in [0.717, 1.165) is 55.9 Å². The Bertz CT molecular complexity index is 810. The van der Waals surface area contributed by atoms with Crippen molar-refractivity contribution in [2.45, 2.75) is 31.9 Å². The number of halogens is 1. The minimum absolute atomic E-state index is 0.161. The Balaban J connectivity index is 1.62. The van der Waals surface area contributed by atoms with Gasteiger partial charge in [-0.15, -0.1) is 0 Å². The van der Waals surface area contributed by atoms with E-state index in [0.29, 0.717) is 0 Å². The van der Waals surface area contributed by atoms with Crippen LogP contribution in [0, 0.1) is 0 Å². The fraction of sp³-hybridized carbons (Fsp3) is 0.478. The van der Waals surface area contributed by atoms with Gasteiger partial charge in [-0.3, -0.25) is 14.9 Å². The molecule has 2 heterocycles. The van der Waals surface area contributed by atoms with E-state index in [1.165, 1.54) is 5.56 Å². The predicted octanol–water partition coefficient (Wildman–Crippen LogP) is 3.29. The second kappa shape index (κ2) is 10.8. The molecule has 1 saturated heterocycles. The van der Waals surface area contributed by atoms with Crippen molar-refractivity contribution in [3.05, 3.63) is 64.9 Å². The molecule has 1 unspecified atom stereocenters. The molecule has 0 saturated carbocycles. The number of rotatable bonds is 7. The molecule has 0 amide bonds. The number of aromatic nitrogens is 1. The van der Waals surface area contributed by atoms with Crippen LogP contribution in [0.5, 0.6) is 0 Å². The zero-order valence-electron chi connectivity index (χ0n) is 18.1. The molecule has 162 valence electrons. The molecule has 1 aromatic carbocycles. The van der Waals surface area contributed by atoms with Crippen LogP contribution in [-0.4, -0.2) is 61.3 Å². The van der Waals surface area contributed by atoms with E-state index in [1.54, 1.807) is 7.05 Å². The second-order valence-electron chi connectivity index (χ2n) is 8.10. The average Bonchev–Trinajstić information content (AvgIpc) is 2.74. The fourth-order valence-electron chi connectivity index (χ4n) is 3.73. The van der Waals surface area contributed by atoms with E-state index in [-0.39, 0.29) is 11.6 Å². The maximum Gasteiger partial charge on any atom is 0.191 e. The van der Waals surface area contributed by atoms with Crippen LogP contribution in [0.25, 0.3) is 0 Å². The highest BCUT2D eigenvalue weighted by Gasteiger charge is 2.32. The third-order valence-corrected chi connectivity index (χ3v) is 5.49. The number of ether oxygens (including phenoxy) is 1. The molecule has 0 radical (unpaired) electrons. The number of morpholine rings is 1. The van der Waals surface area contributed by atoms with Gasteiger partial charge in [-0.2, -0.15) is 0 Å². The first kappa shape index (κ1) is 22.5. The zero-order chi connectivity index (χ0) is 21.4. The second-order valence-corrected chi connectivity index (χ2v) is 8.53. The molecule has 3 rings (SSSR count). The largest absolute Gasteiger partial charge is 0.373 e. The quantitative estimate of drug-likeness (QED) is 0.522. The third kappa shape index (κ3) is 6.69. The Hall–Kier alpha value is -2.15. The van der Waals surface area contributed by atoms with Crippen molar-refractivity contribution in [2.75, 3.05) is 39.8 Å². The van der Waals surface area contributed by atoms with Gasteiger partial charge >= 0.3 is 0 Å². The number of nitrogens with zero attached hydrogens (tertiary/aromatic N) is 3. The van der Waals surface area contributed by atoms with Crippen LogP contribution in [-0.2, 0) is 11.2 Å². The first-order valence-corrected chi connectivity index (χ1v) is 10.8. The van der Waals surface area contributed by atoms with Crippen LogP contribution in [0.15, 0.2) is 53.7 Å². The number of pyridine rings is 1. The van der Waals surface area contributed by atoms with Gasteiger partial charge in [-0.1, -0.05) is 29.8 Å². The first-order chi connectivity index (χ1) is 14.5. The van der Waals surface area contributed by atoms with E-state index in [1.807, 2.05) is 36.5 Å². The minimum Gasteiger partial charge on any atom is -0.373 e. The lowest BCUT2D eigenvalue weighted by molar-refractivity contribution is -0.0971. The fourth-order valence-corrected chi connectivity index (χ4v) is 3.86. The van der Waals surface area contributed by atoms with Crippen molar-refractivity contribution >= 4 is 17.6 Å². The van der Waals surface area contributed by atoms with Gasteiger partial charge in [0.1, 0.15) is 0 Å². The van der Waals surface area contributed by atoms with Crippen LogP contribution in [0.4, 0.5) is 0 Å². The van der Waals surface area contributed by atoms with Gasteiger partial charge < -0.3 is 15.4 Å². The highest BCUT2D eigenvalue weighted by molar-refractivity contribution is 6.30. The van der Waals surface area contributed by atoms with Crippen molar-refractivity contribution in [3.8, 4) is 0 Å². The molecular weight excluding hydrogens is 398 g/mol. The summed E-state index contributed by atoms with van der Waals surface area (Å²) in [5, 5.41) is 7.63. The van der Waals surface area contributed by atoms with Gasteiger partial charge in [0.25, 0.3) is 0 Å². The molecule has 1 aliphatic heterocycles. The number of nitrogens with one attached hydrogen (secondary N) is 2. The lowest BCUT2D eigenvalue weighted by atomic mass is 10.0. The van der Waals surface area contributed by atoms with Gasteiger partial charge in [0.2, 0.25) is 0 Å². The summed E-state index contributed by atoms with van der Waals surface area (Å²) >= 11 is 6.12. The Morgan fingerprint density at radius 2 is 2.03 bits per heavy atom. The first-order valence-electron chi connectivity index (χ1n) is 10.4. The predicted molar refractivity (Wildman–Crippen MR) is 123 cm³/mol. The molecule has 7 heteroatoms. The van der Waals surface area contributed by atoms with Crippen LogP contribution in [0.3, 0.4) is 0 Å². The highest BCUT2D eigenvalue weighted by atomic mass is 35.5. The number of benzene rings is 1. The van der Waals surface area contributed by atoms with Gasteiger partial charge in [-0.05, 0) is 43.7 Å². The maximum atomic E-state index is 6.12. The summed E-state index contributed by atoms with van der Waals surface area (Å²) in [5.41, 5.74) is 2.13. The molecule has 0 bridgehead atoms. The van der Waals surface area contributed by atoms with Crippen molar-refractivity contribution < 1.29 is 4.74 Å². The summed E-state index contributed by atoms with van der Waals surface area (Å²) in [4.78, 5) is 11.2. The molecule has 6 nitrogen and oxygen atoms in total. The monoisotopic (exact) mass is 429 g/mol. The molecule has 1 atom stereocenters. The number of aliphatic imine (C=N–C) groups is 1. The summed E-state index contributed by atoms with van der Waals surface area (Å²) in [7, 11) is 1.80. The standard InChI is InChI=1S/C23H32ClN5O/c1-23(2)17-29(14-15-30-23)21(18-7-9-19(24)10-8-18)16-28-22(25-3)27-13-11-20-6-4-5-12-26-20/h4-10,12,21H,11,13-17H2,1-3H3,(H2,25,27,28). The molecule has 30 heavy (non-hydrogen) atoms. The molecule has 2 N–H and O–H groups in total. The minimum atomic E-state index is -0.161. The van der Waals surface area contributed by atoms with Crippen LogP contribution in [0.2, 0.25) is 5.02 Å². The Morgan fingerprint density at radius 3 is 2.70 bits per heavy atom. The van der Waals surface area contributed by atoms with Crippen molar-refractivity contribution in [3.63, 3.8) is 0 Å². The van der Waals surface area contributed by atoms with Gasteiger partial charge in [0.05, 0.1) is 18.2 Å². The van der Waals surface area contributed by atoms with Gasteiger partial charge in [0, 0.05) is 56.6 Å². The summed E-state index contributed by atoms with van der Waals surface area (Å²) in [6, 6.07) is 14.3. The van der Waals surface area contributed by atoms with Gasteiger partial charge in [0.15, 0.2) is 5.96 Å². The Morgan fingerprint density at radius 1 is 1.23 bits per heavy atom. The number of hydrogen-bond donors (Lipinski definition) is 2. The van der Waals surface area contributed by atoms with E-state index >= 15 is 0 Å². The Kier molecular flexibility index (Phi) is 8.08. The zero-order valence-corrected chi connectivity index (χ0v) is 18.8. The lowest BCUT2D eigenvalue weighted by Gasteiger charge is -2.42. The van der Waals surface area contributed by atoms with Crippen molar-refractivity contribution in [1.29, 1.82) is 0 Å². The van der Waals surface area contributed by atoms with Gasteiger partial charge in [-0.25, -0.2) is 0 Å². The molecule has 2 aromatic rings. The van der Waals surface area contributed by atoms with Crippen molar-refractivity contribution in [1.82, 2.24) is 20.5 Å². The summed E-state index contributed by atoms with van der Waals surface area (Å²) in [6.45, 7) is 8.28. The van der Waals surface area contributed by atoms with Crippen LogP contribution < -0.4 is 10.6 Å². The maximum absolute atomic E-state index is 6.12. The molecule has 1 aromatic heterocycles. The molecular formula is C23H32ClN5O. The van der Waals surface area contributed by atoms with E-state index < -0.39 is 0 Å². The molecule has 0 spiro atoms. The van der Waals surface area contributed by atoms with Crippen molar-refractivity contribution in [2.24, 2.45) is 4.99 Å². The van der Waals surface area contributed by atoms with E-state index in [9.17, 15) is 0 Å². The summed E-state index contributed by atoms with van der Waals surface area (Å²) in [6.07, 6.45) is 2.67. The van der Waals surface area contributed by atoms with Crippen LogP contribution >= 0.6 is 11.6 Å². The topological polar surface area (TPSA) is 61.8 Å². The Labute approximate surface area is 184 Å². The smallest absolute Gasteiger partial charge is 0.191 e. The highest BCUT2D eigenvalue weighted by Crippen LogP contribution is 2.27. The number of guanidine groups is 1. The lowest BCUT2D eigenvalue weighted by Crippen LogP contribution is -2.52. The van der Waals surface area contributed by atoms with E-state index in [4.69, 9.17) is 16.3 Å². The molecule has 1 aliphatic rings. The molecule has 0 aliphatic carbocycles.